The first-order valence-electron chi connectivity index (χ1n) is 10.5. The molecule has 0 radical (unpaired) electrons. The Bertz CT molecular complexity index is 1090. The number of aromatic nitrogens is 1. The van der Waals surface area contributed by atoms with E-state index >= 15 is 0 Å². The molecule has 2 heterocycles. The molecule has 3 aromatic rings. The summed E-state index contributed by atoms with van der Waals surface area (Å²) in [6.45, 7) is 1.07. The molecule has 1 aliphatic heterocycles. The van der Waals surface area contributed by atoms with Crippen LogP contribution in [-0.2, 0) is 22.7 Å². The van der Waals surface area contributed by atoms with E-state index in [-0.39, 0.29) is 18.2 Å². The van der Waals surface area contributed by atoms with Crippen molar-refractivity contribution < 1.29 is 19.1 Å². The zero-order chi connectivity index (χ0) is 22.3. The molecular weight excluding hydrogens is 406 g/mol. The van der Waals surface area contributed by atoms with Gasteiger partial charge in [-0.1, -0.05) is 30.3 Å². The van der Waals surface area contributed by atoms with Gasteiger partial charge in [-0.05, 0) is 42.0 Å². The normalized spacial score (nSPS) is 15.5. The average molecular weight is 431 g/mol. The summed E-state index contributed by atoms with van der Waals surface area (Å²) < 4.78 is 11.2. The highest BCUT2D eigenvalue weighted by molar-refractivity contribution is 6.01. The highest BCUT2D eigenvalue weighted by Crippen LogP contribution is 2.32. The van der Waals surface area contributed by atoms with Crippen LogP contribution in [-0.4, -0.2) is 30.5 Å². The first-order valence-corrected chi connectivity index (χ1v) is 10.5. The summed E-state index contributed by atoms with van der Waals surface area (Å²) in [6.07, 6.45) is 1.91. The second kappa shape index (κ2) is 9.96. The molecule has 0 bridgehead atoms. The van der Waals surface area contributed by atoms with E-state index in [1.165, 1.54) is 0 Å². The molecular formula is C25H25N3O4. The van der Waals surface area contributed by atoms with E-state index in [0.29, 0.717) is 36.9 Å². The van der Waals surface area contributed by atoms with Crippen molar-refractivity contribution in [2.45, 2.75) is 19.6 Å². The highest BCUT2D eigenvalue weighted by Gasteiger charge is 2.36. The Labute approximate surface area is 187 Å². The van der Waals surface area contributed by atoms with Crippen molar-refractivity contribution in [2.75, 3.05) is 18.6 Å². The van der Waals surface area contributed by atoms with Gasteiger partial charge in [0.15, 0.2) is 0 Å². The fourth-order valence-electron chi connectivity index (χ4n) is 3.69. The van der Waals surface area contributed by atoms with Crippen molar-refractivity contribution in [1.29, 1.82) is 0 Å². The molecule has 4 rings (SSSR count). The molecule has 0 saturated carbocycles. The van der Waals surface area contributed by atoms with Gasteiger partial charge in [0.25, 0.3) is 0 Å². The minimum absolute atomic E-state index is 0.0837. The number of carbonyl (C=O) groups excluding carboxylic acids is 2. The van der Waals surface area contributed by atoms with E-state index in [1.54, 1.807) is 24.3 Å². The number of carbonyl (C=O) groups is 2. The maximum Gasteiger partial charge on any atom is 0.227 e. The predicted molar refractivity (Wildman–Crippen MR) is 120 cm³/mol. The predicted octanol–water partition coefficient (Wildman–Crippen LogP) is 3.34. The standard InChI is InChI=1S/C25H25N3O4/c1-31-23-11-3-2-10-22(23)28-16-19(14-24(28)29)25(30)27-15-18-7-6-9-21(13-18)32-17-20-8-4-5-12-26-20/h2-13,19H,14-17H2,1H3,(H,27,30). The van der Waals surface area contributed by atoms with E-state index in [0.717, 1.165) is 11.3 Å². The molecule has 1 aliphatic rings. The number of benzene rings is 2. The minimum Gasteiger partial charge on any atom is -0.495 e. The van der Waals surface area contributed by atoms with Crippen molar-refractivity contribution in [1.82, 2.24) is 10.3 Å². The van der Waals surface area contributed by atoms with E-state index in [1.807, 2.05) is 60.7 Å². The lowest BCUT2D eigenvalue weighted by Crippen LogP contribution is -2.32. The first-order chi connectivity index (χ1) is 15.6. The van der Waals surface area contributed by atoms with Crippen LogP contribution in [0.15, 0.2) is 72.9 Å². The SMILES string of the molecule is COc1ccccc1N1CC(C(=O)NCc2cccc(OCc3ccccn3)c2)CC1=O. The number of hydrogen-bond donors (Lipinski definition) is 1. The summed E-state index contributed by atoms with van der Waals surface area (Å²) in [7, 11) is 1.57. The van der Waals surface area contributed by atoms with E-state index in [4.69, 9.17) is 9.47 Å². The van der Waals surface area contributed by atoms with Crippen LogP contribution in [0.25, 0.3) is 0 Å². The summed E-state index contributed by atoms with van der Waals surface area (Å²) in [5, 5.41) is 2.95. The van der Waals surface area contributed by atoms with Crippen LogP contribution in [0.2, 0.25) is 0 Å². The number of nitrogens with one attached hydrogen (secondary N) is 1. The van der Waals surface area contributed by atoms with Crippen molar-refractivity contribution in [3.05, 3.63) is 84.2 Å². The molecule has 164 valence electrons. The van der Waals surface area contributed by atoms with Gasteiger partial charge in [-0.3, -0.25) is 14.6 Å². The number of amides is 2. The van der Waals surface area contributed by atoms with Crippen molar-refractivity contribution >= 4 is 17.5 Å². The van der Waals surface area contributed by atoms with Gasteiger partial charge in [-0.15, -0.1) is 0 Å². The summed E-state index contributed by atoms with van der Waals surface area (Å²) in [5.74, 6) is 0.691. The third-order valence-corrected chi connectivity index (χ3v) is 5.35. The van der Waals surface area contributed by atoms with Crippen LogP contribution in [0.1, 0.15) is 17.7 Å². The Morgan fingerprint density at radius 2 is 1.97 bits per heavy atom. The summed E-state index contributed by atoms with van der Waals surface area (Å²) in [4.78, 5) is 31.1. The topological polar surface area (TPSA) is 80.8 Å². The van der Waals surface area contributed by atoms with Crippen LogP contribution in [0, 0.1) is 5.92 Å². The van der Waals surface area contributed by atoms with Gasteiger partial charge in [-0.2, -0.15) is 0 Å². The Balaban J connectivity index is 1.32. The molecule has 7 heteroatoms. The molecule has 32 heavy (non-hydrogen) atoms. The van der Waals surface area contributed by atoms with Gasteiger partial charge >= 0.3 is 0 Å². The molecule has 1 fully saturated rings. The van der Waals surface area contributed by atoms with Gasteiger partial charge in [0.05, 0.1) is 24.4 Å². The lowest BCUT2D eigenvalue weighted by Gasteiger charge is -2.19. The van der Waals surface area contributed by atoms with Gasteiger partial charge in [0.2, 0.25) is 11.8 Å². The Kier molecular flexibility index (Phi) is 6.65. The average Bonchev–Trinajstić information content (AvgIpc) is 3.23. The van der Waals surface area contributed by atoms with Crippen molar-refractivity contribution in [3.63, 3.8) is 0 Å². The lowest BCUT2D eigenvalue weighted by molar-refractivity contribution is -0.126. The van der Waals surface area contributed by atoms with Gasteiger partial charge in [0.1, 0.15) is 18.1 Å². The number of anilines is 1. The molecule has 1 aromatic heterocycles. The monoisotopic (exact) mass is 431 g/mol. The first kappa shape index (κ1) is 21.4. The molecule has 1 saturated heterocycles. The minimum atomic E-state index is -0.406. The van der Waals surface area contributed by atoms with E-state index < -0.39 is 5.92 Å². The quantitative estimate of drug-likeness (QED) is 0.592. The summed E-state index contributed by atoms with van der Waals surface area (Å²) in [6, 6.07) is 20.6. The lowest BCUT2D eigenvalue weighted by atomic mass is 10.1. The fourth-order valence-corrected chi connectivity index (χ4v) is 3.69. The maximum absolute atomic E-state index is 12.7. The van der Waals surface area contributed by atoms with Crippen LogP contribution < -0.4 is 19.7 Å². The van der Waals surface area contributed by atoms with Crippen LogP contribution in [0.5, 0.6) is 11.5 Å². The Morgan fingerprint density at radius 1 is 1.12 bits per heavy atom. The van der Waals surface area contributed by atoms with Crippen LogP contribution in [0.3, 0.4) is 0 Å². The molecule has 0 spiro atoms. The molecule has 0 aliphatic carbocycles. The molecule has 1 N–H and O–H groups in total. The Hall–Kier alpha value is -3.87. The second-order valence-corrected chi connectivity index (χ2v) is 7.55. The molecule has 2 amide bonds. The number of para-hydroxylation sites is 2. The third-order valence-electron chi connectivity index (χ3n) is 5.35. The van der Waals surface area contributed by atoms with Gasteiger partial charge in [0, 0.05) is 25.7 Å². The smallest absolute Gasteiger partial charge is 0.227 e. The number of rotatable bonds is 8. The molecule has 1 unspecified atom stereocenters. The molecule has 7 nitrogen and oxygen atoms in total. The van der Waals surface area contributed by atoms with Gasteiger partial charge in [-0.25, -0.2) is 0 Å². The van der Waals surface area contributed by atoms with Crippen molar-refractivity contribution in [2.24, 2.45) is 5.92 Å². The van der Waals surface area contributed by atoms with E-state index in [2.05, 4.69) is 10.3 Å². The highest BCUT2D eigenvalue weighted by atomic mass is 16.5. The molecule has 1 atom stereocenters. The number of ether oxygens (including phenoxy) is 2. The largest absolute Gasteiger partial charge is 0.495 e. The van der Waals surface area contributed by atoms with Gasteiger partial charge < -0.3 is 19.7 Å². The third kappa shape index (κ3) is 5.06. The second-order valence-electron chi connectivity index (χ2n) is 7.55. The zero-order valence-corrected chi connectivity index (χ0v) is 17.9. The Morgan fingerprint density at radius 3 is 2.78 bits per heavy atom. The van der Waals surface area contributed by atoms with Crippen LogP contribution in [0.4, 0.5) is 5.69 Å². The van der Waals surface area contributed by atoms with Crippen molar-refractivity contribution in [3.8, 4) is 11.5 Å². The number of methoxy groups -OCH3 is 1. The number of nitrogens with zero attached hydrogens (tertiary/aromatic N) is 2. The summed E-state index contributed by atoms with van der Waals surface area (Å²) >= 11 is 0. The maximum atomic E-state index is 12.7. The fraction of sp³-hybridized carbons (Fsp3) is 0.240. The number of hydrogen-bond acceptors (Lipinski definition) is 5. The van der Waals surface area contributed by atoms with Crippen LogP contribution >= 0.6 is 0 Å². The molecule has 2 aromatic carbocycles. The zero-order valence-electron chi connectivity index (χ0n) is 17.9. The van der Waals surface area contributed by atoms with E-state index in [9.17, 15) is 9.59 Å². The summed E-state index contributed by atoms with van der Waals surface area (Å²) in [5.41, 5.74) is 2.45. The number of pyridine rings is 1.